The van der Waals surface area contributed by atoms with Crippen LogP contribution in [0.5, 0.6) is 0 Å². The third-order valence-corrected chi connectivity index (χ3v) is 2.51. The summed E-state index contributed by atoms with van der Waals surface area (Å²) in [5.74, 6) is -1.61. The average Bonchev–Trinajstić information content (AvgIpc) is 2.86. The Hall–Kier alpha value is -2.22. The lowest BCUT2D eigenvalue weighted by atomic mass is 10.4. The van der Waals surface area contributed by atoms with Crippen molar-refractivity contribution in [3.8, 4) is 0 Å². The van der Waals surface area contributed by atoms with E-state index in [9.17, 15) is 9.59 Å². The number of hydrogen-bond acceptors (Lipinski definition) is 6. The Kier molecular flexibility index (Phi) is 2.88. The molecule has 0 aliphatic rings. The molecule has 8 heteroatoms. The summed E-state index contributed by atoms with van der Waals surface area (Å²) in [5.41, 5.74) is 0. The van der Waals surface area contributed by atoms with Gasteiger partial charge in [0.05, 0.1) is 0 Å². The fourth-order valence-electron chi connectivity index (χ4n) is 1.08. The molecule has 2 rings (SSSR count). The van der Waals surface area contributed by atoms with Gasteiger partial charge in [0, 0.05) is 11.5 Å². The fraction of sp³-hybridized carbons (Fsp3) is 0.111. The van der Waals surface area contributed by atoms with Gasteiger partial charge in [0.25, 0.3) is 5.91 Å². The Bertz CT molecular complexity index is 574. The van der Waals surface area contributed by atoms with Crippen molar-refractivity contribution in [3.63, 3.8) is 0 Å². The molecule has 17 heavy (non-hydrogen) atoms. The number of furan rings is 1. The molecule has 0 atom stereocenters. The zero-order chi connectivity index (χ0) is 12.4. The van der Waals surface area contributed by atoms with Crippen molar-refractivity contribution >= 4 is 28.5 Å². The van der Waals surface area contributed by atoms with E-state index in [0.29, 0.717) is 11.0 Å². The molecule has 0 fully saturated rings. The molecular formula is C9H7N3O4S. The number of amides is 1. The first kappa shape index (κ1) is 11.3. The largest absolute Gasteiger partial charge is 0.475 e. The summed E-state index contributed by atoms with van der Waals surface area (Å²) in [7, 11) is 0. The molecule has 0 radical (unpaired) electrons. The maximum absolute atomic E-state index is 11.6. The third-order valence-electron chi connectivity index (χ3n) is 1.79. The van der Waals surface area contributed by atoms with Crippen molar-refractivity contribution < 1.29 is 19.1 Å². The van der Waals surface area contributed by atoms with E-state index in [-0.39, 0.29) is 11.5 Å². The minimum absolute atomic E-state index is 0.0877. The maximum Gasteiger partial charge on any atom is 0.371 e. The highest BCUT2D eigenvalue weighted by Crippen LogP contribution is 2.13. The first-order chi connectivity index (χ1) is 8.06. The van der Waals surface area contributed by atoms with Crippen molar-refractivity contribution in [1.82, 2.24) is 9.36 Å². The second-order valence-corrected chi connectivity index (χ2v) is 3.82. The molecule has 0 spiro atoms. The first-order valence-electron chi connectivity index (χ1n) is 4.51. The lowest BCUT2D eigenvalue weighted by molar-refractivity contribution is 0.0660. The molecule has 0 unspecified atom stereocenters. The molecule has 7 nitrogen and oxygen atoms in total. The number of anilines is 1. The second kappa shape index (κ2) is 4.34. The number of rotatable bonds is 3. The molecule has 0 saturated carbocycles. The number of carboxylic acids is 1. The Labute approximate surface area is 99.3 Å². The molecule has 0 aliphatic heterocycles. The van der Waals surface area contributed by atoms with Crippen LogP contribution in [0.3, 0.4) is 0 Å². The molecule has 2 aromatic heterocycles. The molecule has 0 bridgehead atoms. The van der Waals surface area contributed by atoms with Crippen LogP contribution >= 0.6 is 11.5 Å². The molecule has 2 heterocycles. The van der Waals surface area contributed by atoms with Crippen molar-refractivity contribution in [2.75, 3.05) is 5.32 Å². The summed E-state index contributed by atoms with van der Waals surface area (Å²) in [6.07, 6.45) is 0. The Morgan fingerprint density at radius 2 is 2.12 bits per heavy atom. The van der Waals surface area contributed by atoms with Gasteiger partial charge in [-0.05, 0) is 19.1 Å². The smallest absolute Gasteiger partial charge is 0.371 e. The topological polar surface area (TPSA) is 105 Å². The van der Waals surface area contributed by atoms with Gasteiger partial charge in [0.1, 0.15) is 5.82 Å². The van der Waals surface area contributed by atoms with Gasteiger partial charge in [0.2, 0.25) is 10.9 Å². The number of carbonyl (C=O) groups is 2. The van der Waals surface area contributed by atoms with E-state index in [0.717, 1.165) is 11.5 Å². The van der Waals surface area contributed by atoms with E-state index in [2.05, 4.69) is 14.7 Å². The standard InChI is InChI=1S/C9H7N3O4S/c1-4-10-9(17-12-4)11-7(13)5-2-3-6(16-5)8(14)15/h2-3H,1H3,(H,14,15)(H,10,11,12,13). The van der Waals surface area contributed by atoms with Gasteiger partial charge in [-0.1, -0.05) is 0 Å². The molecule has 1 amide bonds. The molecule has 0 aliphatic carbocycles. The maximum atomic E-state index is 11.6. The van der Waals surface area contributed by atoms with Crippen LogP contribution in [0.15, 0.2) is 16.5 Å². The summed E-state index contributed by atoms with van der Waals surface area (Å²) in [6, 6.07) is 2.50. The van der Waals surface area contributed by atoms with Crippen LogP contribution in [0.25, 0.3) is 0 Å². The number of aromatic nitrogens is 2. The van der Waals surface area contributed by atoms with Gasteiger partial charge < -0.3 is 9.52 Å². The Morgan fingerprint density at radius 3 is 2.65 bits per heavy atom. The van der Waals surface area contributed by atoms with E-state index in [1.807, 2.05) is 0 Å². The molecule has 2 N–H and O–H groups in total. The predicted molar refractivity (Wildman–Crippen MR) is 58.3 cm³/mol. The highest BCUT2D eigenvalue weighted by Gasteiger charge is 2.16. The fourth-order valence-corrected chi connectivity index (χ4v) is 1.65. The minimum atomic E-state index is -1.23. The zero-order valence-electron chi connectivity index (χ0n) is 8.63. The quantitative estimate of drug-likeness (QED) is 0.856. The van der Waals surface area contributed by atoms with Gasteiger partial charge in [0.15, 0.2) is 5.76 Å². The van der Waals surface area contributed by atoms with E-state index in [1.165, 1.54) is 12.1 Å². The van der Waals surface area contributed by atoms with Crippen molar-refractivity contribution in [3.05, 3.63) is 29.5 Å². The highest BCUT2D eigenvalue weighted by molar-refractivity contribution is 7.09. The van der Waals surface area contributed by atoms with Crippen molar-refractivity contribution in [1.29, 1.82) is 0 Å². The lowest BCUT2D eigenvalue weighted by Gasteiger charge is -1.96. The van der Waals surface area contributed by atoms with Crippen molar-refractivity contribution in [2.45, 2.75) is 6.92 Å². The summed E-state index contributed by atoms with van der Waals surface area (Å²) in [5, 5.41) is 11.4. The highest BCUT2D eigenvalue weighted by atomic mass is 32.1. The van der Waals surface area contributed by atoms with Gasteiger partial charge in [-0.15, -0.1) is 0 Å². The number of aryl methyl sites for hydroxylation is 1. The van der Waals surface area contributed by atoms with Crippen LogP contribution in [0.1, 0.15) is 26.9 Å². The third kappa shape index (κ3) is 2.48. The molecule has 88 valence electrons. The first-order valence-corrected chi connectivity index (χ1v) is 5.28. The van der Waals surface area contributed by atoms with Crippen LogP contribution in [0.2, 0.25) is 0 Å². The van der Waals surface area contributed by atoms with Crippen LogP contribution in [0, 0.1) is 6.92 Å². The van der Waals surface area contributed by atoms with E-state index < -0.39 is 11.9 Å². The molecule has 0 saturated heterocycles. The molecule has 0 aromatic carbocycles. The minimum Gasteiger partial charge on any atom is -0.475 e. The Balaban J connectivity index is 2.11. The number of carbonyl (C=O) groups excluding carboxylic acids is 1. The van der Waals surface area contributed by atoms with Gasteiger partial charge in [-0.25, -0.2) is 9.78 Å². The SMILES string of the molecule is Cc1nsc(NC(=O)c2ccc(C(=O)O)o2)n1. The van der Waals surface area contributed by atoms with E-state index in [1.54, 1.807) is 6.92 Å². The summed E-state index contributed by atoms with van der Waals surface area (Å²) in [6.45, 7) is 1.70. The van der Waals surface area contributed by atoms with E-state index in [4.69, 9.17) is 9.52 Å². The van der Waals surface area contributed by atoms with Crippen LogP contribution in [0.4, 0.5) is 5.13 Å². The van der Waals surface area contributed by atoms with Crippen molar-refractivity contribution in [2.24, 2.45) is 0 Å². The van der Waals surface area contributed by atoms with Crippen LogP contribution in [-0.2, 0) is 0 Å². The number of hydrogen-bond donors (Lipinski definition) is 2. The zero-order valence-corrected chi connectivity index (χ0v) is 9.45. The molecule has 2 aromatic rings. The number of nitrogens with zero attached hydrogens (tertiary/aromatic N) is 2. The average molecular weight is 253 g/mol. The predicted octanol–water partition coefficient (Wildman–Crippen LogP) is 1.39. The number of carboxylic acid groups (broad SMARTS) is 1. The van der Waals surface area contributed by atoms with Gasteiger partial charge >= 0.3 is 5.97 Å². The summed E-state index contributed by atoms with van der Waals surface area (Å²) < 4.78 is 8.72. The summed E-state index contributed by atoms with van der Waals surface area (Å²) >= 11 is 1.03. The Morgan fingerprint density at radius 1 is 1.41 bits per heavy atom. The molecular weight excluding hydrogens is 246 g/mol. The number of aromatic carboxylic acids is 1. The van der Waals surface area contributed by atoms with E-state index >= 15 is 0 Å². The lowest BCUT2D eigenvalue weighted by Crippen LogP contribution is -2.10. The van der Waals surface area contributed by atoms with Gasteiger partial charge in [-0.2, -0.15) is 4.37 Å². The summed E-state index contributed by atoms with van der Waals surface area (Å²) in [4.78, 5) is 26.1. The number of nitrogens with one attached hydrogen (secondary N) is 1. The monoisotopic (exact) mass is 253 g/mol. The van der Waals surface area contributed by atoms with Gasteiger partial charge in [-0.3, -0.25) is 10.1 Å². The normalized spacial score (nSPS) is 10.2. The van der Waals surface area contributed by atoms with Crippen LogP contribution < -0.4 is 5.32 Å². The van der Waals surface area contributed by atoms with Crippen LogP contribution in [-0.4, -0.2) is 26.3 Å². The second-order valence-electron chi connectivity index (χ2n) is 3.07.